The van der Waals surface area contributed by atoms with Crippen molar-refractivity contribution in [3.63, 3.8) is 0 Å². The molecule has 0 bridgehead atoms. The second kappa shape index (κ2) is 9.08. The number of aromatic nitrogens is 1. The highest BCUT2D eigenvalue weighted by molar-refractivity contribution is 7.16. The summed E-state index contributed by atoms with van der Waals surface area (Å²) in [5.41, 5.74) is 1.59. The number of carbonyl (C=O) groups is 2. The van der Waals surface area contributed by atoms with Crippen LogP contribution in [0.15, 0.2) is 59.6 Å². The monoisotopic (exact) mass is 444 g/mol. The van der Waals surface area contributed by atoms with E-state index < -0.39 is 11.9 Å². The molecule has 32 heavy (non-hydrogen) atoms. The summed E-state index contributed by atoms with van der Waals surface area (Å²) < 4.78 is 13.1. The molecule has 0 spiro atoms. The average Bonchev–Trinajstić information content (AvgIpc) is 3.14. The largest absolute Gasteiger partial charge is 0.496 e. The van der Waals surface area contributed by atoms with Gasteiger partial charge in [0.1, 0.15) is 5.75 Å². The van der Waals surface area contributed by atoms with Crippen LogP contribution < -0.4 is 9.54 Å². The standard InChI is InChI=1S/C25H20N2O4S/c1-4-12-27-20-11-10-18(24(29)31-5-2)15-22(20)32-25(27)26-23(28)19-13-16-8-6-7-9-17(16)14-21(19)30-3/h1,6-11,13-15H,5,12H2,2-3H3. The Morgan fingerprint density at radius 2 is 1.88 bits per heavy atom. The molecular formula is C25H20N2O4S. The maximum atomic E-state index is 13.2. The van der Waals surface area contributed by atoms with Gasteiger partial charge in [0.15, 0.2) is 4.80 Å². The zero-order chi connectivity index (χ0) is 22.7. The van der Waals surface area contributed by atoms with Crippen LogP contribution in [0.2, 0.25) is 0 Å². The first-order valence-electron chi connectivity index (χ1n) is 9.95. The topological polar surface area (TPSA) is 69.9 Å². The molecule has 0 radical (unpaired) electrons. The Labute approximate surface area is 188 Å². The van der Waals surface area contributed by atoms with Crippen LogP contribution in [-0.4, -0.2) is 30.2 Å². The zero-order valence-corrected chi connectivity index (χ0v) is 18.4. The van der Waals surface area contributed by atoms with E-state index in [0.29, 0.717) is 28.3 Å². The number of esters is 1. The number of methoxy groups -OCH3 is 1. The molecule has 0 aliphatic carbocycles. The number of amides is 1. The predicted octanol–water partition coefficient (Wildman–Crippen LogP) is 4.42. The van der Waals surface area contributed by atoms with E-state index in [2.05, 4.69) is 10.9 Å². The molecule has 1 aromatic heterocycles. The van der Waals surface area contributed by atoms with Crippen LogP contribution in [0.3, 0.4) is 0 Å². The summed E-state index contributed by atoms with van der Waals surface area (Å²) in [5.74, 6) is 2.22. The van der Waals surface area contributed by atoms with Gasteiger partial charge >= 0.3 is 5.97 Å². The minimum absolute atomic E-state index is 0.236. The van der Waals surface area contributed by atoms with Crippen LogP contribution in [0.1, 0.15) is 27.6 Å². The number of nitrogens with zero attached hydrogens (tertiary/aromatic N) is 2. The van der Waals surface area contributed by atoms with Gasteiger partial charge in [0, 0.05) is 0 Å². The van der Waals surface area contributed by atoms with Crippen LogP contribution in [0.25, 0.3) is 21.0 Å². The third-order valence-electron chi connectivity index (χ3n) is 4.94. The van der Waals surface area contributed by atoms with Crippen LogP contribution in [-0.2, 0) is 11.3 Å². The van der Waals surface area contributed by atoms with Crippen LogP contribution >= 0.6 is 11.3 Å². The fraction of sp³-hybridized carbons (Fsp3) is 0.160. The third-order valence-corrected chi connectivity index (χ3v) is 5.98. The molecule has 0 N–H and O–H groups in total. The Bertz CT molecular complexity index is 1460. The highest BCUT2D eigenvalue weighted by atomic mass is 32.1. The Morgan fingerprint density at radius 1 is 1.12 bits per heavy atom. The predicted molar refractivity (Wildman–Crippen MR) is 125 cm³/mol. The highest BCUT2D eigenvalue weighted by Gasteiger charge is 2.16. The summed E-state index contributed by atoms with van der Waals surface area (Å²) >= 11 is 1.28. The second-order valence-corrected chi connectivity index (χ2v) is 7.90. The summed E-state index contributed by atoms with van der Waals surface area (Å²) in [6.07, 6.45) is 5.56. The maximum Gasteiger partial charge on any atom is 0.338 e. The molecule has 4 aromatic rings. The van der Waals surface area contributed by atoms with Crippen molar-refractivity contribution in [3.8, 4) is 18.1 Å². The summed E-state index contributed by atoms with van der Waals surface area (Å²) in [5, 5.41) is 1.88. The van der Waals surface area contributed by atoms with Crippen molar-refractivity contribution < 1.29 is 19.1 Å². The Kier molecular flexibility index (Phi) is 6.06. The summed E-state index contributed by atoms with van der Waals surface area (Å²) in [6, 6.07) is 16.5. The molecule has 0 saturated carbocycles. The molecule has 0 saturated heterocycles. The number of ether oxygens (including phenoxy) is 2. The van der Waals surface area contributed by atoms with E-state index in [-0.39, 0.29) is 6.54 Å². The van der Waals surface area contributed by atoms with Gasteiger partial charge < -0.3 is 14.0 Å². The van der Waals surface area contributed by atoms with E-state index in [9.17, 15) is 9.59 Å². The van der Waals surface area contributed by atoms with Gasteiger partial charge in [-0.15, -0.1) is 6.42 Å². The van der Waals surface area contributed by atoms with E-state index in [4.69, 9.17) is 15.9 Å². The van der Waals surface area contributed by atoms with Gasteiger partial charge in [0.25, 0.3) is 5.91 Å². The van der Waals surface area contributed by atoms with Gasteiger partial charge in [-0.05, 0) is 48.0 Å². The third kappa shape index (κ3) is 4.01. The van der Waals surface area contributed by atoms with Crippen LogP contribution in [0, 0.1) is 12.3 Å². The summed E-state index contributed by atoms with van der Waals surface area (Å²) in [4.78, 5) is 30.1. The number of terminal acetylenes is 1. The van der Waals surface area contributed by atoms with Crippen LogP contribution in [0.5, 0.6) is 5.75 Å². The van der Waals surface area contributed by atoms with E-state index in [1.165, 1.54) is 18.4 Å². The van der Waals surface area contributed by atoms with Gasteiger partial charge in [0.05, 0.1) is 41.6 Å². The molecule has 7 heteroatoms. The van der Waals surface area contributed by atoms with Crippen molar-refractivity contribution in [2.24, 2.45) is 4.99 Å². The van der Waals surface area contributed by atoms with Crippen molar-refractivity contribution in [1.29, 1.82) is 0 Å². The lowest BCUT2D eigenvalue weighted by Crippen LogP contribution is -2.16. The minimum atomic E-state index is -0.435. The number of benzene rings is 3. The van der Waals surface area contributed by atoms with Crippen molar-refractivity contribution in [1.82, 2.24) is 4.57 Å². The zero-order valence-electron chi connectivity index (χ0n) is 17.6. The molecule has 3 aromatic carbocycles. The Morgan fingerprint density at radius 3 is 2.56 bits per heavy atom. The van der Waals surface area contributed by atoms with Gasteiger partial charge in [-0.3, -0.25) is 4.79 Å². The highest BCUT2D eigenvalue weighted by Crippen LogP contribution is 2.27. The molecule has 0 fully saturated rings. The first-order chi connectivity index (χ1) is 15.5. The normalized spacial score (nSPS) is 11.5. The quantitative estimate of drug-likeness (QED) is 0.338. The molecule has 0 aliphatic heterocycles. The fourth-order valence-electron chi connectivity index (χ4n) is 3.45. The first-order valence-corrected chi connectivity index (χ1v) is 10.8. The first kappa shape index (κ1) is 21.3. The maximum absolute atomic E-state index is 13.2. The lowest BCUT2D eigenvalue weighted by Gasteiger charge is -2.07. The second-order valence-electron chi connectivity index (χ2n) is 6.89. The molecule has 0 aliphatic rings. The molecule has 0 unspecified atom stereocenters. The van der Waals surface area contributed by atoms with Gasteiger partial charge in [0.2, 0.25) is 0 Å². The van der Waals surface area contributed by atoms with E-state index >= 15 is 0 Å². The number of fused-ring (bicyclic) bond motifs is 2. The summed E-state index contributed by atoms with van der Waals surface area (Å²) in [7, 11) is 1.52. The number of rotatable bonds is 5. The molecule has 1 heterocycles. The smallest absolute Gasteiger partial charge is 0.338 e. The Balaban J connectivity index is 1.84. The number of thiazole rings is 1. The molecule has 4 rings (SSSR count). The molecular weight excluding hydrogens is 424 g/mol. The minimum Gasteiger partial charge on any atom is -0.496 e. The van der Waals surface area contributed by atoms with Crippen molar-refractivity contribution >= 4 is 44.2 Å². The molecule has 6 nitrogen and oxygen atoms in total. The molecule has 0 atom stereocenters. The number of hydrogen-bond acceptors (Lipinski definition) is 5. The number of carbonyl (C=O) groups excluding carboxylic acids is 2. The van der Waals surface area contributed by atoms with Crippen molar-refractivity contribution in [3.05, 3.63) is 70.5 Å². The average molecular weight is 445 g/mol. The van der Waals surface area contributed by atoms with E-state index in [1.807, 2.05) is 30.3 Å². The van der Waals surface area contributed by atoms with Gasteiger partial charge in [-0.1, -0.05) is 41.5 Å². The van der Waals surface area contributed by atoms with Crippen molar-refractivity contribution in [2.75, 3.05) is 13.7 Å². The lowest BCUT2D eigenvalue weighted by molar-refractivity contribution is 0.0526. The Hall–Kier alpha value is -3.89. The molecule has 1 amide bonds. The number of hydrogen-bond donors (Lipinski definition) is 0. The molecule has 160 valence electrons. The van der Waals surface area contributed by atoms with E-state index in [0.717, 1.165) is 21.0 Å². The van der Waals surface area contributed by atoms with Gasteiger partial charge in [-0.25, -0.2) is 4.79 Å². The fourth-order valence-corrected chi connectivity index (χ4v) is 4.51. The summed E-state index contributed by atoms with van der Waals surface area (Å²) in [6.45, 7) is 2.28. The van der Waals surface area contributed by atoms with Crippen molar-refractivity contribution in [2.45, 2.75) is 13.5 Å². The van der Waals surface area contributed by atoms with Gasteiger partial charge in [-0.2, -0.15) is 4.99 Å². The lowest BCUT2D eigenvalue weighted by atomic mass is 10.1. The van der Waals surface area contributed by atoms with Crippen LogP contribution in [0.4, 0.5) is 0 Å². The SMILES string of the molecule is C#CCn1c(=NC(=O)c2cc3ccccc3cc2OC)sc2cc(C(=O)OCC)ccc21. The van der Waals surface area contributed by atoms with E-state index in [1.54, 1.807) is 35.8 Å².